The topological polar surface area (TPSA) is 26.7 Å². The lowest BCUT2D eigenvalue weighted by Gasteiger charge is -2.16. The highest BCUT2D eigenvalue weighted by Gasteiger charge is 2.08. The molecule has 0 saturated heterocycles. The zero-order chi connectivity index (χ0) is 11.7. The van der Waals surface area contributed by atoms with E-state index in [9.17, 15) is 5.11 Å². The Hall–Kier alpha value is -0.120. The summed E-state index contributed by atoms with van der Waals surface area (Å²) in [4.78, 5) is 4.38. The molecule has 0 rings (SSSR count). The fraction of sp³-hybridized carbons (Fsp3) is 0.917. The van der Waals surface area contributed by atoms with Crippen LogP contribution in [0.1, 0.15) is 25.7 Å². The molecule has 0 amide bonds. The summed E-state index contributed by atoms with van der Waals surface area (Å²) >= 11 is 0. The molecular formula is C12H27N2O. The van der Waals surface area contributed by atoms with Crippen molar-refractivity contribution in [1.29, 1.82) is 0 Å². The molecule has 0 aromatic heterocycles. The second kappa shape index (κ2) is 9.13. The van der Waals surface area contributed by atoms with Crippen LogP contribution in [0.5, 0.6) is 0 Å². The van der Waals surface area contributed by atoms with Crippen molar-refractivity contribution in [2.45, 2.75) is 25.7 Å². The smallest absolute Gasteiger partial charge is 0.0493 e. The molecule has 15 heavy (non-hydrogen) atoms. The molecule has 0 aliphatic rings. The highest BCUT2D eigenvalue weighted by molar-refractivity contribution is 4.88. The van der Waals surface area contributed by atoms with Crippen molar-refractivity contribution in [3.63, 3.8) is 0 Å². The van der Waals surface area contributed by atoms with Crippen molar-refractivity contribution in [3.8, 4) is 0 Å². The van der Waals surface area contributed by atoms with Crippen molar-refractivity contribution in [2.75, 3.05) is 47.9 Å². The molecule has 0 atom stereocenters. The van der Waals surface area contributed by atoms with Crippen molar-refractivity contribution in [1.82, 2.24) is 9.80 Å². The molecule has 0 aromatic rings. The van der Waals surface area contributed by atoms with Crippen molar-refractivity contribution < 1.29 is 5.11 Å². The first-order chi connectivity index (χ1) is 7.06. The molecule has 1 N–H and O–H groups in total. The van der Waals surface area contributed by atoms with Gasteiger partial charge in [0.05, 0.1) is 0 Å². The van der Waals surface area contributed by atoms with Crippen LogP contribution in [0.2, 0.25) is 0 Å². The molecule has 0 aliphatic carbocycles. The summed E-state index contributed by atoms with van der Waals surface area (Å²) in [7, 11) is 8.35. The fourth-order valence-electron chi connectivity index (χ4n) is 1.57. The van der Waals surface area contributed by atoms with Crippen molar-refractivity contribution in [2.24, 2.45) is 0 Å². The maximum Gasteiger partial charge on any atom is 0.0493 e. The van der Waals surface area contributed by atoms with E-state index >= 15 is 0 Å². The SMILES string of the molecule is CN(C)CCC[C](CO)CCCN(C)C. The van der Waals surface area contributed by atoms with Crippen LogP contribution < -0.4 is 0 Å². The van der Waals surface area contributed by atoms with E-state index in [2.05, 4.69) is 38.0 Å². The molecule has 0 aliphatic heterocycles. The largest absolute Gasteiger partial charge is 0.396 e. The number of aliphatic hydroxyl groups is 1. The molecule has 0 bridgehead atoms. The van der Waals surface area contributed by atoms with Crippen LogP contribution in [0.25, 0.3) is 0 Å². The normalized spacial score (nSPS) is 12.0. The van der Waals surface area contributed by atoms with Gasteiger partial charge in [0.1, 0.15) is 0 Å². The van der Waals surface area contributed by atoms with Crippen molar-refractivity contribution in [3.05, 3.63) is 5.92 Å². The van der Waals surface area contributed by atoms with E-state index in [0.29, 0.717) is 0 Å². The van der Waals surface area contributed by atoms with Crippen LogP contribution >= 0.6 is 0 Å². The van der Waals surface area contributed by atoms with Gasteiger partial charge in [-0.05, 0) is 67.0 Å². The Labute approximate surface area is 95.1 Å². The maximum atomic E-state index is 9.19. The first kappa shape index (κ1) is 14.9. The maximum absolute atomic E-state index is 9.19. The summed E-state index contributed by atoms with van der Waals surface area (Å²) < 4.78 is 0. The second-order valence-corrected chi connectivity index (χ2v) is 4.72. The van der Waals surface area contributed by atoms with Gasteiger partial charge in [-0.2, -0.15) is 0 Å². The summed E-state index contributed by atoms with van der Waals surface area (Å²) in [6.07, 6.45) is 4.46. The Morgan fingerprint density at radius 3 is 1.53 bits per heavy atom. The zero-order valence-corrected chi connectivity index (χ0v) is 10.8. The third-order valence-electron chi connectivity index (χ3n) is 2.49. The predicted octanol–water partition coefficient (Wildman–Crippen LogP) is 1.24. The molecular weight excluding hydrogens is 188 g/mol. The molecule has 3 nitrogen and oxygen atoms in total. The molecule has 0 saturated carbocycles. The third-order valence-corrected chi connectivity index (χ3v) is 2.49. The Balaban J connectivity index is 3.46. The molecule has 0 fully saturated rings. The number of hydrogen-bond donors (Lipinski definition) is 1. The van der Waals surface area contributed by atoms with Gasteiger partial charge >= 0.3 is 0 Å². The monoisotopic (exact) mass is 215 g/mol. The molecule has 0 aromatic carbocycles. The Morgan fingerprint density at radius 1 is 0.867 bits per heavy atom. The van der Waals surface area contributed by atoms with E-state index in [1.165, 1.54) is 5.92 Å². The van der Waals surface area contributed by atoms with Gasteiger partial charge in [-0.3, -0.25) is 0 Å². The van der Waals surface area contributed by atoms with E-state index in [0.717, 1.165) is 38.8 Å². The van der Waals surface area contributed by atoms with Gasteiger partial charge < -0.3 is 14.9 Å². The summed E-state index contributed by atoms with van der Waals surface area (Å²) in [5, 5.41) is 9.19. The van der Waals surface area contributed by atoms with E-state index < -0.39 is 0 Å². The first-order valence-electron chi connectivity index (χ1n) is 5.80. The quantitative estimate of drug-likeness (QED) is 0.627. The summed E-state index contributed by atoms with van der Waals surface area (Å²) in [6.45, 7) is 2.48. The highest BCUT2D eigenvalue weighted by atomic mass is 16.3. The van der Waals surface area contributed by atoms with Crippen LogP contribution in [0.3, 0.4) is 0 Å². The molecule has 0 spiro atoms. The number of nitrogens with zero attached hydrogens (tertiary/aromatic N) is 2. The van der Waals surface area contributed by atoms with Gasteiger partial charge in [-0.15, -0.1) is 0 Å². The second-order valence-electron chi connectivity index (χ2n) is 4.72. The lowest BCUT2D eigenvalue weighted by molar-refractivity contribution is 0.283. The lowest BCUT2D eigenvalue weighted by atomic mass is 9.98. The fourth-order valence-corrected chi connectivity index (χ4v) is 1.57. The van der Waals surface area contributed by atoms with Gasteiger partial charge in [0.25, 0.3) is 0 Å². The summed E-state index contributed by atoms with van der Waals surface area (Å²) in [5.41, 5.74) is 0. The molecule has 91 valence electrons. The Morgan fingerprint density at radius 2 is 1.27 bits per heavy atom. The van der Waals surface area contributed by atoms with Crippen molar-refractivity contribution >= 4 is 0 Å². The van der Waals surface area contributed by atoms with Gasteiger partial charge in [-0.25, -0.2) is 0 Å². The van der Waals surface area contributed by atoms with Gasteiger partial charge in [0.2, 0.25) is 0 Å². The van der Waals surface area contributed by atoms with Gasteiger partial charge in [0, 0.05) is 12.5 Å². The molecule has 0 heterocycles. The number of rotatable bonds is 9. The summed E-state index contributed by atoms with van der Waals surface area (Å²) in [5.74, 6) is 1.30. The zero-order valence-electron chi connectivity index (χ0n) is 10.8. The number of hydrogen-bond acceptors (Lipinski definition) is 3. The van der Waals surface area contributed by atoms with Crippen LogP contribution in [0, 0.1) is 5.92 Å². The Bertz CT molecular complexity index is 124. The van der Waals surface area contributed by atoms with Crippen LogP contribution in [0.15, 0.2) is 0 Å². The van der Waals surface area contributed by atoms with Gasteiger partial charge in [0.15, 0.2) is 0 Å². The van der Waals surface area contributed by atoms with Crippen LogP contribution in [-0.4, -0.2) is 62.8 Å². The minimum atomic E-state index is 0.265. The Kier molecular flexibility index (Phi) is 9.06. The third kappa shape index (κ3) is 10.2. The average Bonchev–Trinajstić information content (AvgIpc) is 2.14. The summed E-state index contributed by atoms with van der Waals surface area (Å²) in [6, 6.07) is 0. The van der Waals surface area contributed by atoms with E-state index in [1.54, 1.807) is 0 Å². The molecule has 3 heteroatoms. The van der Waals surface area contributed by atoms with E-state index in [1.807, 2.05) is 0 Å². The highest BCUT2D eigenvalue weighted by Crippen LogP contribution is 2.15. The van der Waals surface area contributed by atoms with E-state index in [-0.39, 0.29) is 6.61 Å². The van der Waals surface area contributed by atoms with Gasteiger partial charge in [-0.1, -0.05) is 0 Å². The molecule has 0 unspecified atom stereocenters. The average molecular weight is 215 g/mol. The van der Waals surface area contributed by atoms with Crippen LogP contribution in [0.4, 0.5) is 0 Å². The predicted molar refractivity (Wildman–Crippen MR) is 65.9 cm³/mol. The lowest BCUT2D eigenvalue weighted by Crippen LogP contribution is -2.16. The van der Waals surface area contributed by atoms with Crippen LogP contribution in [-0.2, 0) is 0 Å². The first-order valence-corrected chi connectivity index (χ1v) is 5.80. The minimum Gasteiger partial charge on any atom is -0.396 e. The minimum absolute atomic E-state index is 0.265. The number of aliphatic hydroxyl groups excluding tert-OH is 1. The standard InChI is InChI=1S/C12H27N2O/c1-13(2)9-5-7-12(11-15)8-6-10-14(3)4/h15H,5-11H2,1-4H3. The van der Waals surface area contributed by atoms with E-state index in [4.69, 9.17) is 0 Å². The molecule has 1 radical (unpaired) electrons.